The molecule has 24 heavy (non-hydrogen) atoms. The van der Waals surface area contributed by atoms with Crippen LogP contribution < -0.4 is 4.43 Å². The largest absolute Gasteiger partial charge is 0.546 e. The van der Waals surface area contributed by atoms with Crippen LogP contribution in [-0.4, -0.2) is 24.7 Å². The molecule has 0 amide bonds. The third kappa shape index (κ3) is 3.94. The molecule has 2 aromatic carbocycles. The van der Waals surface area contributed by atoms with Crippen LogP contribution in [0.2, 0.25) is 13.1 Å². The lowest BCUT2D eigenvalue weighted by Crippen LogP contribution is -2.11. The molecule has 120 valence electrons. The van der Waals surface area contributed by atoms with Crippen LogP contribution >= 0.6 is 0 Å². The van der Waals surface area contributed by atoms with Crippen molar-refractivity contribution in [2.45, 2.75) is 13.1 Å². The Morgan fingerprint density at radius 3 is 2.42 bits per heavy atom. The van der Waals surface area contributed by atoms with E-state index in [1.54, 1.807) is 18.6 Å². The summed E-state index contributed by atoms with van der Waals surface area (Å²) in [4.78, 5) is 13.5. The van der Waals surface area contributed by atoms with E-state index in [0.29, 0.717) is 0 Å². The van der Waals surface area contributed by atoms with E-state index in [1.165, 1.54) is 0 Å². The zero-order valence-electron chi connectivity index (χ0n) is 13.8. The van der Waals surface area contributed by atoms with E-state index >= 15 is 0 Å². The van der Waals surface area contributed by atoms with Crippen LogP contribution in [0.3, 0.4) is 0 Å². The minimum Gasteiger partial charge on any atom is -0.546 e. The summed E-state index contributed by atoms with van der Waals surface area (Å²) in [6.07, 6.45) is 5.07. The van der Waals surface area contributed by atoms with Crippen molar-refractivity contribution in [2.24, 2.45) is 4.99 Å². The summed E-state index contributed by atoms with van der Waals surface area (Å²) in [7, 11) is -1.22. The van der Waals surface area contributed by atoms with E-state index in [-0.39, 0.29) is 0 Å². The van der Waals surface area contributed by atoms with Gasteiger partial charge in [0.15, 0.2) is 0 Å². The van der Waals surface area contributed by atoms with E-state index in [9.17, 15) is 0 Å². The SMILES string of the molecule is C[SiH](C)Oc1ccccc1N=C(c1ccccc1)c1cnccn1. The second kappa shape index (κ2) is 7.65. The van der Waals surface area contributed by atoms with Gasteiger partial charge in [-0.15, -0.1) is 0 Å². The smallest absolute Gasteiger partial charge is 0.229 e. The molecule has 1 heterocycles. The molecular formula is C19H19N3OSi. The Bertz CT molecular complexity index is 779. The maximum absolute atomic E-state index is 6.01. The quantitative estimate of drug-likeness (QED) is 0.523. The summed E-state index contributed by atoms with van der Waals surface area (Å²) in [6.45, 7) is 4.28. The fourth-order valence-corrected chi connectivity index (χ4v) is 3.02. The summed E-state index contributed by atoms with van der Waals surface area (Å²) < 4.78 is 6.01. The third-order valence-electron chi connectivity index (χ3n) is 3.31. The molecule has 0 atom stereocenters. The Morgan fingerprint density at radius 2 is 1.71 bits per heavy atom. The van der Waals surface area contributed by atoms with Crippen molar-refractivity contribution < 1.29 is 4.43 Å². The topological polar surface area (TPSA) is 47.4 Å². The van der Waals surface area contributed by atoms with Crippen LogP contribution in [0.25, 0.3) is 0 Å². The van der Waals surface area contributed by atoms with Crippen molar-refractivity contribution in [3.05, 3.63) is 84.4 Å². The average molecular weight is 333 g/mol. The number of benzene rings is 2. The molecule has 0 radical (unpaired) electrons. The second-order valence-corrected chi connectivity index (χ2v) is 7.88. The van der Waals surface area contributed by atoms with Gasteiger partial charge >= 0.3 is 0 Å². The molecule has 0 saturated carbocycles. The van der Waals surface area contributed by atoms with Gasteiger partial charge in [-0.3, -0.25) is 9.97 Å². The zero-order valence-corrected chi connectivity index (χ0v) is 14.9. The van der Waals surface area contributed by atoms with Crippen LogP contribution in [0.5, 0.6) is 5.75 Å². The fourth-order valence-electron chi connectivity index (χ4n) is 2.31. The maximum atomic E-state index is 6.01. The van der Waals surface area contributed by atoms with Crippen LogP contribution in [0, 0.1) is 0 Å². The number of nitrogens with zero attached hydrogens (tertiary/aromatic N) is 3. The molecule has 3 rings (SSSR count). The number of para-hydroxylation sites is 2. The number of hydrogen-bond acceptors (Lipinski definition) is 4. The Labute approximate surface area is 143 Å². The molecule has 0 aliphatic rings. The van der Waals surface area contributed by atoms with E-state index in [1.807, 2.05) is 54.6 Å². The molecule has 0 fully saturated rings. The minimum atomic E-state index is -1.22. The van der Waals surface area contributed by atoms with Gasteiger partial charge < -0.3 is 4.43 Å². The predicted octanol–water partition coefficient (Wildman–Crippen LogP) is 4.01. The number of rotatable bonds is 5. The van der Waals surface area contributed by atoms with Crippen molar-refractivity contribution in [1.29, 1.82) is 0 Å². The first-order chi connectivity index (χ1) is 11.7. The minimum absolute atomic E-state index is 0.736. The standard InChI is InChI=1S/C19H19N3OSi/c1-24(2)23-18-11-7-6-10-16(18)22-19(15-8-4-3-5-9-15)17-14-20-12-13-21-17/h3-14,24H,1-2H3. The molecule has 3 aromatic rings. The summed E-state index contributed by atoms with van der Waals surface area (Å²) in [5.74, 6) is 0.816. The second-order valence-electron chi connectivity index (χ2n) is 5.55. The van der Waals surface area contributed by atoms with Crippen molar-refractivity contribution >= 4 is 20.4 Å². The highest BCUT2D eigenvalue weighted by molar-refractivity contribution is 6.49. The number of aromatic nitrogens is 2. The first-order valence-electron chi connectivity index (χ1n) is 7.90. The van der Waals surface area contributed by atoms with E-state index in [4.69, 9.17) is 9.42 Å². The van der Waals surface area contributed by atoms with Gasteiger partial charge in [-0.25, -0.2) is 4.99 Å². The van der Waals surface area contributed by atoms with Crippen LogP contribution in [0.15, 0.2) is 78.2 Å². The highest BCUT2D eigenvalue weighted by atomic mass is 28.3. The molecule has 0 bridgehead atoms. The van der Waals surface area contributed by atoms with Gasteiger partial charge in [0.05, 0.1) is 11.9 Å². The van der Waals surface area contributed by atoms with Crippen LogP contribution in [0.4, 0.5) is 5.69 Å². The first-order valence-corrected chi connectivity index (χ1v) is 10.7. The summed E-state index contributed by atoms with van der Waals surface area (Å²) in [6, 6.07) is 17.9. The van der Waals surface area contributed by atoms with Crippen molar-refractivity contribution in [3.63, 3.8) is 0 Å². The molecule has 1 aromatic heterocycles. The monoisotopic (exact) mass is 333 g/mol. The number of aliphatic imine (C=N–C) groups is 1. The van der Waals surface area contributed by atoms with Crippen LogP contribution in [0.1, 0.15) is 11.3 Å². The molecule has 0 N–H and O–H groups in total. The van der Waals surface area contributed by atoms with Gasteiger partial charge in [-0.05, 0) is 25.2 Å². The highest BCUT2D eigenvalue weighted by Gasteiger charge is 2.11. The molecule has 5 heteroatoms. The van der Waals surface area contributed by atoms with Crippen molar-refractivity contribution in [3.8, 4) is 5.75 Å². The van der Waals surface area contributed by atoms with Gasteiger partial charge in [0, 0.05) is 18.0 Å². The average Bonchev–Trinajstić information content (AvgIpc) is 2.62. The molecule has 0 saturated heterocycles. The lowest BCUT2D eigenvalue weighted by molar-refractivity contribution is 0.582. The zero-order chi connectivity index (χ0) is 16.8. The Kier molecular flexibility index (Phi) is 5.13. The van der Waals surface area contributed by atoms with Crippen molar-refractivity contribution in [1.82, 2.24) is 9.97 Å². The Balaban J connectivity index is 2.12. The van der Waals surface area contributed by atoms with E-state index in [2.05, 4.69) is 23.1 Å². The molecule has 0 aliphatic heterocycles. The van der Waals surface area contributed by atoms with E-state index < -0.39 is 9.04 Å². The number of hydrogen-bond donors (Lipinski definition) is 0. The molecular weight excluding hydrogens is 314 g/mol. The van der Waals surface area contributed by atoms with Gasteiger partial charge in [0.25, 0.3) is 0 Å². The van der Waals surface area contributed by atoms with Gasteiger partial charge in [0.1, 0.15) is 17.1 Å². The molecule has 4 nitrogen and oxygen atoms in total. The normalized spacial score (nSPS) is 11.5. The molecule has 0 aliphatic carbocycles. The molecule has 0 unspecified atom stereocenters. The summed E-state index contributed by atoms with van der Waals surface area (Å²) >= 11 is 0. The van der Waals surface area contributed by atoms with Crippen molar-refractivity contribution in [2.75, 3.05) is 0 Å². The first kappa shape index (κ1) is 16.1. The Hall–Kier alpha value is -2.79. The highest BCUT2D eigenvalue weighted by Crippen LogP contribution is 2.29. The van der Waals surface area contributed by atoms with E-state index in [0.717, 1.165) is 28.4 Å². The third-order valence-corrected chi connectivity index (χ3v) is 4.04. The van der Waals surface area contributed by atoms with Gasteiger partial charge in [-0.1, -0.05) is 42.5 Å². The van der Waals surface area contributed by atoms with Gasteiger partial charge in [-0.2, -0.15) is 0 Å². The lowest BCUT2D eigenvalue weighted by Gasteiger charge is -2.13. The lowest BCUT2D eigenvalue weighted by atomic mass is 10.1. The fraction of sp³-hybridized carbons (Fsp3) is 0.105. The van der Waals surface area contributed by atoms with Gasteiger partial charge in [0.2, 0.25) is 9.04 Å². The maximum Gasteiger partial charge on any atom is 0.229 e. The molecule has 0 spiro atoms. The summed E-state index contributed by atoms with van der Waals surface area (Å²) in [5, 5.41) is 0. The summed E-state index contributed by atoms with van der Waals surface area (Å²) in [5.41, 5.74) is 3.32. The predicted molar refractivity (Wildman–Crippen MR) is 99.7 cm³/mol. The van der Waals surface area contributed by atoms with Crippen LogP contribution in [-0.2, 0) is 0 Å². The Morgan fingerprint density at radius 1 is 0.958 bits per heavy atom.